The highest BCUT2D eigenvalue weighted by atomic mass is 16.6. The summed E-state index contributed by atoms with van der Waals surface area (Å²) in [5.41, 5.74) is 4.97. The van der Waals surface area contributed by atoms with E-state index in [0.717, 1.165) is 0 Å². The van der Waals surface area contributed by atoms with Gasteiger partial charge in [-0.15, -0.1) is 0 Å². The molecule has 6 heteroatoms. The molecule has 16 heavy (non-hydrogen) atoms. The van der Waals surface area contributed by atoms with Crippen LogP contribution in [-0.4, -0.2) is 23.7 Å². The monoisotopic (exact) mass is 226 g/mol. The first-order chi connectivity index (χ1) is 7.44. The van der Waals surface area contributed by atoms with Crippen molar-refractivity contribution in [2.45, 2.75) is 12.5 Å². The van der Waals surface area contributed by atoms with Crippen LogP contribution in [0, 0.1) is 10.1 Å². The Balaban J connectivity index is 3.27. The molecule has 0 aliphatic carbocycles. The van der Waals surface area contributed by atoms with E-state index in [1.54, 1.807) is 13.0 Å². The van der Waals surface area contributed by atoms with Crippen LogP contribution in [0.2, 0.25) is 0 Å². The maximum atomic E-state index is 10.7. The largest absolute Gasteiger partial charge is 0.502 e. The number of nitro benzene ring substituents is 1. The Morgan fingerprint density at radius 3 is 2.69 bits per heavy atom. The molecule has 0 aromatic heterocycles. The van der Waals surface area contributed by atoms with Gasteiger partial charge >= 0.3 is 5.69 Å². The van der Waals surface area contributed by atoms with Gasteiger partial charge in [0.05, 0.1) is 4.92 Å². The molecule has 0 aliphatic heterocycles. The normalized spacial score (nSPS) is 14.4. The second-order valence-corrected chi connectivity index (χ2v) is 3.60. The standard InChI is InChI=1S/C10H14N2O4/c1-10(6-11,16-2)7-3-4-9(13)8(5-7)12(14)15/h3-5,13H,6,11H2,1-2H3. The van der Waals surface area contributed by atoms with Crippen LogP contribution in [0.15, 0.2) is 18.2 Å². The average molecular weight is 226 g/mol. The summed E-state index contributed by atoms with van der Waals surface area (Å²) in [6.45, 7) is 1.91. The van der Waals surface area contributed by atoms with Crippen LogP contribution < -0.4 is 5.73 Å². The van der Waals surface area contributed by atoms with Gasteiger partial charge < -0.3 is 15.6 Å². The van der Waals surface area contributed by atoms with Crippen LogP contribution in [-0.2, 0) is 10.3 Å². The number of hydrogen-bond acceptors (Lipinski definition) is 5. The van der Waals surface area contributed by atoms with E-state index in [1.807, 2.05) is 0 Å². The summed E-state index contributed by atoms with van der Waals surface area (Å²) in [5.74, 6) is -0.371. The molecule has 1 unspecified atom stereocenters. The third-order valence-electron chi connectivity index (χ3n) is 2.62. The van der Waals surface area contributed by atoms with Crippen molar-refractivity contribution in [3.05, 3.63) is 33.9 Å². The van der Waals surface area contributed by atoms with Gasteiger partial charge in [-0.25, -0.2) is 0 Å². The fraction of sp³-hybridized carbons (Fsp3) is 0.400. The van der Waals surface area contributed by atoms with Crippen molar-refractivity contribution >= 4 is 5.69 Å². The van der Waals surface area contributed by atoms with E-state index < -0.39 is 10.5 Å². The molecule has 0 spiro atoms. The van der Waals surface area contributed by atoms with Crippen molar-refractivity contribution in [2.24, 2.45) is 5.73 Å². The molecule has 0 bridgehead atoms. The van der Waals surface area contributed by atoms with Gasteiger partial charge in [0.1, 0.15) is 5.60 Å². The summed E-state index contributed by atoms with van der Waals surface area (Å²) >= 11 is 0. The number of rotatable bonds is 4. The van der Waals surface area contributed by atoms with Crippen molar-refractivity contribution < 1.29 is 14.8 Å². The number of benzene rings is 1. The van der Waals surface area contributed by atoms with Gasteiger partial charge in [0.15, 0.2) is 5.75 Å². The molecule has 0 saturated heterocycles. The number of hydrogen-bond donors (Lipinski definition) is 2. The van der Waals surface area contributed by atoms with Crippen molar-refractivity contribution in [1.82, 2.24) is 0 Å². The lowest BCUT2D eigenvalue weighted by Gasteiger charge is -2.26. The molecule has 0 aliphatic rings. The minimum absolute atomic E-state index is 0.186. The molecular weight excluding hydrogens is 212 g/mol. The number of nitrogens with two attached hydrogens (primary N) is 1. The van der Waals surface area contributed by atoms with Crippen LogP contribution in [0.5, 0.6) is 5.75 Å². The van der Waals surface area contributed by atoms with Gasteiger partial charge in [-0.3, -0.25) is 10.1 Å². The van der Waals surface area contributed by atoms with E-state index in [0.29, 0.717) is 5.56 Å². The Hall–Kier alpha value is -1.66. The number of ether oxygens (including phenoxy) is 1. The van der Waals surface area contributed by atoms with Gasteiger partial charge in [0.2, 0.25) is 0 Å². The fourth-order valence-corrected chi connectivity index (χ4v) is 1.32. The van der Waals surface area contributed by atoms with Crippen LogP contribution in [0.3, 0.4) is 0 Å². The zero-order valence-corrected chi connectivity index (χ0v) is 9.14. The number of nitrogens with zero attached hydrogens (tertiary/aromatic N) is 1. The van der Waals surface area contributed by atoms with Gasteiger partial charge in [0.25, 0.3) is 0 Å². The first-order valence-corrected chi connectivity index (χ1v) is 4.67. The molecule has 3 N–H and O–H groups in total. The zero-order chi connectivity index (χ0) is 12.3. The van der Waals surface area contributed by atoms with E-state index >= 15 is 0 Å². The summed E-state index contributed by atoms with van der Waals surface area (Å²) in [7, 11) is 1.48. The van der Waals surface area contributed by atoms with Gasteiger partial charge in [-0.1, -0.05) is 6.07 Å². The Morgan fingerprint density at radius 1 is 1.62 bits per heavy atom. The Bertz CT molecular complexity index is 402. The SMILES string of the molecule is COC(C)(CN)c1ccc(O)c([N+](=O)[O-])c1. The minimum atomic E-state index is -0.793. The quantitative estimate of drug-likeness (QED) is 0.592. The first-order valence-electron chi connectivity index (χ1n) is 4.67. The molecule has 6 nitrogen and oxygen atoms in total. The van der Waals surface area contributed by atoms with E-state index in [4.69, 9.17) is 10.5 Å². The van der Waals surface area contributed by atoms with E-state index in [2.05, 4.69) is 0 Å². The molecule has 0 heterocycles. The molecular formula is C10H14N2O4. The van der Waals surface area contributed by atoms with Gasteiger partial charge in [0, 0.05) is 19.7 Å². The summed E-state index contributed by atoms with van der Waals surface area (Å²) in [4.78, 5) is 10.0. The van der Waals surface area contributed by atoms with E-state index in [9.17, 15) is 15.2 Å². The second kappa shape index (κ2) is 4.46. The predicted octanol–water partition coefficient (Wildman–Crippen LogP) is 1.12. The molecule has 1 aromatic carbocycles. The molecule has 0 saturated carbocycles. The second-order valence-electron chi connectivity index (χ2n) is 3.60. The molecule has 1 atom stereocenters. The number of aromatic hydroxyl groups is 1. The third-order valence-corrected chi connectivity index (χ3v) is 2.62. The molecule has 0 radical (unpaired) electrons. The topological polar surface area (TPSA) is 98.6 Å². The average Bonchev–Trinajstić information content (AvgIpc) is 2.28. The Morgan fingerprint density at radius 2 is 2.25 bits per heavy atom. The highest BCUT2D eigenvalue weighted by molar-refractivity contribution is 5.49. The molecule has 0 fully saturated rings. The summed E-state index contributed by atoms with van der Waals surface area (Å²) in [5, 5.41) is 20.0. The molecule has 1 rings (SSSR count). The molecule has 1 aromatic rings. The van der Waals surface area contributed by atoms with Crippen molar-refractivity contribution in [2.75, 3.05) is 13.7 Å². The van der Waals surface area contributed by atoms with E-state index in [1.165, 1.54) is 19.2 Å². The Labute approximate surface area is 92.8 Å². The lowest BCUT2D eigenvalue weighted by molar-refractivity contribution is -0.386. The van der Waals surface area contributed by atoms with Crippen LogP contribution >= 0.6 is 0 Å². The predicted molar refractivity (Wildman–Crippen MR) is 58.2 cm³/mol. The summed E-state index contributed by atoms with van der Waals surface area (Å²) in [6.07, 6.45) is 0. The Kier molecular flexibility index (Phi) is 3.46. The van der Waals surface area contributed by atoms with Gasteiger partial charge in [-0.2, -0.15) is 0 Å². The van der Waals surface area contributed by atoms with Crippen molar-refractivity contribution in [3.8, 4) is 5.75 Å². The summed E-state index contributed by atoms with van der Waals surface area (Å²) < 4.78 is 5.22. The molecule has 88 valence electrons. The highest BCUT2D eigenvalue weighted by Crippen LogP contribution is 2.32. The van der Waals surface area contributed by atoms with Crippen molar-refractivity contribution in [3.63, 3.8) is 0 Å². The highest BCUT2D eigenvalue weighted by Gasteiger charge is 2.27. The van der Waals surface area contributed by atoms with E-state index in [-0.39, 0.29) is 18.0 Å². The van der Waals surface area contributed by atoms with Crippen molar-refractivity contribution in [1.29, 1.82) is 0 Å². The third kappa shape index (κ3) is 2.12. The maximum Gasteiger partial charge on any atom is 0.311 e. The first kappa shape index (κ1) is 12.4. The zero-order valence-electron chi connectivity index (χ0n) is 9.14. The maximum absolute atomic E-state index is 10.7. The number of phenolic OH excluding ortho intramolecular Hbond substituents is 1. The minimum Gasteiger partial charge on any atom is -0.502 e. The lowest BCUT2D eigenvalue weighted by atomic mass is 9.95. The fourth-order valence-electron chi connectivity index (χ4n) is 1.32. The number of phenols is 1. The smallest absolute Gasteiger partial charge is 0.311 e. The number of methoxy groups -OCH3 is 1. The lowest BCUT2D eigenvalue weighted by Crippen LogP contribution is -2.33. The van der Waals surface area contributed by atoms with Crippen LogP contribution in [0.25, 0.3) is 0 Å². The summed E-state index contributed by atoms with van der Waals surface area (Å²) in [6, 6.07) is 4.09. The molecule has 0 amide bonds. The number of nitro groups is 1. The van der Waals surface area contributed by atoms with Gasteiger partial charge in [-0.05, 0) is 18.6 Å². The van der Waals surface area contributed by atoms with Crippen LogP contribution in [0.1, 0.15) is 12.5 Å². The van der Waals surface area contributed by atoms with Crippen LogP contribution in [0.4, 0.5) is 5.69 Å².